The van der Waals surface area contributed by atoms with Crippen molar-refractivity contribution < 1.29 is 4.74 Å². The van der Waals surface area contributed by atoms with E-state index >= 15 is 0 Å². The fraction of sp³-hybridized carbons (Fsp3) is 0.200. The summed E-state index contributed by atoms with van der Waals surface area (Å²) < 4.78 is 7.91. The van der Waals surface area contributed by atoms with Crippen LogP contribution in [0.15, 0.2) is 53.7 Å². The Labute approximate surface area is 161 Å². The summed E-state index contributed by atoms with van der Waals surface area (Å²) in [7, 11) is 0. The summed E-state index contributed by atoms with van der Waals surface area (Å²) in [6.45, 7) is 4.83. The summed E-state index contributed by atoms with van der Waals surface area (Å²) in [5, 5.41) is 11.6. The number of rotatable bonds is 5. The molecule has 0 unspecified atom stereocenters. The quantitative estimate of drug-likeness (QED) is 0.345. The number of thioether (sulfide) groups is 1. The summed E-state index contributed by atoms with van der Waals surface area (Å²) in [6, 6.07) is 15.9. The molecule has 0 radical (unpaired) electrons. The molecule has 2 heterocycles. The molecule has 0 amide bonds. The zero-order valence-electron chi connectivity index (χ0n) is 14.6. The van der Waals surface area contributed by atoms with Gasteiger partial charge in [-0.2, -0.15) is 0 Å². The van der Waals surface area contributed by atoms with Crippen LogP contribution in [-0.2, 0) is 0 Å². The van der Waals surface area contributed by atoms with Crippen LogP contribution in [0.5, 0.6) is 5.75 Å². The fourth-order valence-corrected chi connectivity index (χ4v) is 3.93. The van der Waals surface area contributed by atoms with Gasteiger partial charge >= 0.3 is 0 Å². The van der Waals surface area contributed by atoms with Gasteiger partial charge in [0.05, 0.1) is 12.1 Å². The van der Waals surface area contributed by atoms with Gasteiger partial charge in [-0.25, -0.2) is 0 Å². The van der Waals surface area contributed by atoms with Crippen molar-refractivity contribution in [1.82, 2.24) is 14.6 Å². The molecule has 0 aliphatic carbocycles. The van der Waals surface area contributed by atoms with Crippen LogP contribution in [0.4, 0.5) is 0 Å². The Bertz CT molecular complexity index is 1080. The molecule has 2 aromatic heterocycles. The third kappa shape index (κ3) is 3.24. The van der Waals surface area contributed by atoms with Gasteiger partial charge in [0.2, 0.25) is 0 Å². The van der Waals surface area contributed by atoms with E-state index in [-0.39, 0.29) is 0 Å². The highest BCUT2D eigenvalue weighted by Gasteiger charge is 2.13. The molecule has 0 bridgehead atoms. The van der Waals surface area contributed by atoms with Crippen molar-refractivity contribution in [1.29, 1.82) is 0 Å². The first-order valence-electron chi connectivity index (χ1n) is 8.39. The minimum Gasteiger partial charge on any atom is -0.493 e. The SMILES string of the molecule is Cc1cc2nnc(SCCOc3ccc(Cl)cc3)n2c2c(C)cccc12. The molecule has 0 aliphatic heterocycles. The lowest BCUT2D eigenvalue weighted by atomic mass is 10.1. The van der Waals surface area contributed by atoms with Crippen molar-refractivity contribution in [2.45, 2.75) is 19.0 Å². The van der Waals surface area contributed by atoms with E-state index in [2.05, 4.69) is 52.7 Å². The monoisotopic (exact) mass is 383 g/mol. The van der Waals surface area contributed by atoms with E-state index in [0.29, 0.717) is 11.6 Å². The van der Waals surface area contributed by atoms with E-state index < -0.39 is 0 Å². The van der Waals surface area contributed by atoms with Crippen molar-refractivity contribution in [2.75, 3.05) is 12.4 Å². The molecule has 0 saturated carbocycles. The maximum atomic E-state index is 5.89. The van der Waals surface area contributed by atoms with Crippen molar-refractivity contribution in [3.8, 4) is 5.75 Å². The number of benzene rings is 2. The Balaban J connectivity index is 1.56. The molecule has 132 valence electrons. The number of aromatic nitrogens is 3. The van der Waals surface area contributed by atoms with Crippen molar-refractivity contribution in [3.63, 3.8) is 0 Å². The normalized spacial score (nSPS) is 11.3. The molecular weight excluding hydrogens is 366 g/mol. The van der Waals surface area contributed by atoms with Gasteiger partial charge in [-0.05, 0) is 55.3 Å². The highest BCUT2D eigenvalue weighted by Crippen LogP contribution is 2.28. The average Bonchev–Trinajstić information content (AvgIpc) is 3.03. The lowest BCUT2D eigenvalue weighted by molar-refractivity contribution is 0.344. The largest absolute Gasteiger partial charge is 0.493 e. The average molecular weight is 384 g/mol. The number of para-hydroxylation sites is 1. The topological polar surface area (TPSA) is 39.4 Å². The lowest BCUT2D eigenvalue weighted by Crippen LogP contribution is -2.01. The molecule has 0 N–H and O–H groups in total. The van der Waals surface area contributed by atoms with Crippen LogP contribution in [0.25, 0.3) is 16.6 Å². The Hall–Kier alpha value is -2.24. The zero-order chi connectivity index (χ0) is 18.1. The van der Waals surface area contributed by atoms with Gasteiger partial charge in [-0.1, -0.05) is 41.6 Å². The molecule has 0 atom stereocenters. The van der Waals surface area contributed by atoms with Crippen molar-refractivity contribution in [3.05, 3.63) is 64.7 Å². The molecule has 0 aliphatic rings. The van der Waals surface area contributed by atoms with Crippen LogP contribution in [0, 0.1) is 13.8 Å². The standard InChI is InChI=1S/C20H18ClN3OS/c1-13-4-3-5-17-14(2)12-18-22-23-20(24(18)19(13)17)26-11-10-25-16-8-6-15(21)7-9-16/h3-9,12H,10-11H2,1-2H3. The molecule has 2 aromatic carbocycles. The molecule has 4 aromatic rings. The number of fused-ring (bicyclic) bond motifs is 3. The molecular formula is C20H18ClN3OS. The predicted octanol–water partition coefficient (Wildman–Crippen LogP) is 5.32. The summed E-state index contributed by atoms with van der Waals surface area (Å²) in [5.74, 6) is 1.60. The van der Waals surface area contributed by atoms with Crippen molar-refractivity contribution >= 4 is 39.9 Å². The highest BCUT2D eigenvalue weighted by molar-refractivity contribution is 7.99. The second-order valence-corrected chi connectivity index (χ2v) is 7.62. The number of aryl methyl sites for hydroxylation is 2. The number of pyridine rings is 1. The third-order valence-electron chi connectivity index (χ3n) is 4.29. The zero-order valence-corrected chi connectivity index (χ0v) is 16.1. The molecule has 0 saturated heterocycles. The first-order valence-corrected chi connectivity index (χ1v) is 9.75. The minimum absolute atomic E-state index is 0.587. The number of ether oxygens (including phenoxy) is 1. The van der Waals surface area contributed by atoms with Gasteiger partial charge in [0.25, 0.3) is 0 Å². The molecule has 26 heavy (non-hydrogen) atoms. The maximum absolute atomic E-state index is 5.89. The van der Waals surface area contributed by atoms with Crippen LogP contribution in [0.3, 0.4) is 0 Å². The summed E-state index contributed by atoms with van der Waals surface area (Å²) >= 11 is 7.54. The molecule has 6 heteroatoms. The van der Waals surface area contributed by atoms with Gasteiger partial charge < -0.3 is 4.74 Å². The van der Waals surface area contributed by atoms with E-state index in [1.165, 1.54) is 22.0 Å². The highest BCUT2D eigenvalue weighted by atomic mass is 35.5. The van der Waals surface area contributed by atoms with Gasteiger partial charge in [0.15, 0.2) is 10.8 Å². The van der Waals surface area contributed by atoms with Gasteiger partial charge in [0.1, 0.15) is 5.75 Å². The third-order valence-corrected chi connectivity index (χ3v) is 5.43. The minimum atomic E-state index is 0.587. The van der Waals surface area contributed by atoms with Crippen LogP contribution < -0.4 is 4.74 Å². The molecule has 0 fully saturated rings. The maximum Gasteiger partial charge on any atom is 0.196 e. The number of hydrogen-bond acceptors (Lipinski definition) is 4. The number of nitrogens with zero attached hydrogens (tertiary/aromatic N) is 3. The summed E-state index contributed by atoms with van der Waals surface area (Å²) in [4.78, 5) is 0. The van der Waals surface area contributed by atoms with E-state index in [0.717, 1.165) is 22.3 Å². The van der Waals surface area contributed by atoms with E-state index in [1.807, 2.05) is 24.3 Å². The molecule has 4 rings (SSSR count). The predicted molar refractivity (Wildman–Crippen MR) is 108 cm³/mol. The lowest BCUT2D eigenvalue weighted by Gasteiger charge is -2.10. The molecule has 0 spiro atoms. The summed E-state index contributed by atoms with van der Waals surface area (Å²) in [5.41, 5.74) is 4.49. The van der Waals surface area contributed by atoms with Crippen LogP contribution in [-0.4, -0.2) is 27.0 Å². The Kier molecular flexibility index (Phi) is 4.74. The van der Waals surface area contributed by atoms with Crippen LogP contribution in [0.2, 0.25) is 5.02 Å². The molecule has 4 nitrogen and oxygen atoms in total. The van der Waals surface area contributed by atoms with E-state index in [4.69, 9.17) is 16.3 Å². The van der Waals surface area contributed by atoms with E-state index in [9.17, 15) is 0 Å². The Morgan fingerprint density at radius 2 is 1.85 bits per heavy atom. The summed E-state index contributed by atoms with van der Waals surface area (Å²) in [6.07, 6.45) is 0. The smallest absolute Gasteiger partial charge is 0.196 e. The Morgan fingerprint density at radius 1 is 1.04 bits per heavy atom. The van der Waals surface area contributed by atoms with Crippen LogP contribution in [0.1, 0.15) is 11.1 Å². The van der Waals surface area contributed by atoms with E-state index in [1.54, 1.807) is 11.8 Å². The Morgan fingerprint density at radius 3 is 2.65 bits per heavy atom. The second kappa shape index (κ2) is 7.17. The first kappa shape index (κ1) is 17.2. The van der Waals surface area contributed by atoms with Gasteiger partial charge in [0, 0.05) is 16.2 Å². The van der Waals surface area contributed by atoms with Crippen molar-refractivity contribution in [2.24, 2.45) is 0 Å². The van der Waals surface area contributed by atoms with Gasteiger partial charge in [-0.15, -0.1) is 10.2 Å². The van der Waals surface area contributed by atoms with Crippen LogP contribution >= 0.6 is 23.4 Å². The number of halogens is 1. The van der Waals surface area contributed by atoms with Gasteiger partial charge in [-0.3, -0.25) is 4.40 Å². The first-order chi connectivity index (χ1) is 12.6. The number of hydrogen-bond donors (Lipinski definition) is 0. The fourth-order valence-electron chi connectivity index (χ4n) is 3.05. The second-order valence-electron chi connectivity index (χ2n) is 6.13.